The summed E-state index contributed by atoms with van der Waals surface area (Å²) in [5.74, 6) is 0.169. The first kappa shape index (κ1) is 19.8. The summed E-state index contributed by atoms with van der Waals surface area (Å²) in [5, 5.41) is 0. The summed E-state index contributed by atoms with van der Waals surface area (Å²) in [7, 11) is 3.52. The van der Waals surface area contributed by atoms with Crippen molar-refractivity contribution in [2.24, 2.45) is 5.41 Å². The van der Waals surface area contributed by atoms with E-state index in [-0.39, 0.29) is 29.8 Å². The Hall–Kier alpha value is -1.92. The molecule has 0 aromatic heterocycles. The van der Waals surface area contributed by atoms with Gasteiger partial charge >= 0.3 is 0 Å². The Bertz CT molecular complexity index is 641. The van der Waals surface area contributed by atoms with Crippen molar-refractivity contribution in [1.82, 2.24) is 9.80 Å². The van der Waals surface area contributed by atoms with Crippen LogP contribution in [0.25, 0.3) is 0 Å². The normalized spacial score (nSPS) is 22.3. The van der Waals surface area contributed by atoms with Crippen molar-refractivity contribution in [2.45, 2.75) is 25.2 Å². The molecule has 1 atom stereocenters. The highest BCUT2D eigenvalue weighted by Gasteiger charge is 2.45. The maximum atomic E-state index is 12.7. The molecule has 2 amide bonds. The van der Waals surface area contributed by atoms with Gasteiger partial charge in [-0.3, -0.25) is 9.59 Å². The van der Waals surface area contributed by atoms with E-state index in [2.05, 4.69) is 0 Å². The number of benzene rings is 1. The van der Waals surface area contributed by atoms with Crippen LogP contribution in [0.2, 0.25) is 0 Å². The van der Waals surface area contributed by atoms with Crippen molar-refractivity contribution in [3.05, 3.63) is 35.9 Å². The number of carbonyl (C=O) groups is 2. The summed E-state index contributed by atoms with van der Waals surface area (Å²) in [5.41, 5.74) is 1.19. The second kappa shape index (κ2) is 8.85. The molecule has 1 aromatic rings. The maximum Gasteiger partial charge on any atom is 0.248 e. The van der Waals surface area contributed by atoms with Gasteiger partial charge in [-0.05, 0) is 30.2 Å². The average molecular weight is 374 g/mol. The Labute approximate surface area is 161 Å². The number of nitrogens with zero attached hydrogens (tertiary/aromatic N) is 2. The van der Waals surface area contributed by atoms with E-state index in [1.807, 2.05) is 47.2 Å². The summed E-state index contributed by atoms with van der Waals surface area (Å²) in [6, 6.07) is 10.1. The van der Waals surface area contributed by atoms with Gasteiger partial charge in [-0.1, -0.05) is 30.3 Å². The fourth-order valence-electron chi connectivity index (χ4n) is 4.36. The van der Waals surface area contributed by atoms with E-state index in [0.29, 0.717) is 13.2 Å². The SMILES string of the molecule is COCCOCC(=O)N1CCC2(CC1)CC(c1ccccc1)C(=O)N(C)C2. The molecule has 1 aromatic carbocycles. The van der Waals surface area contributed by atoms with Crippen molar-refractivity contribution >= 4 is 11.8 Å². The lowest BCUT2D eigenvalue weighted by atomic mass is 9.67. The van der Waals surface area contributed by atoms with Crippen LogP contribution in [0.4, 0.5) is 0 Å². The molecule has 0 bridgehead atoms. The third kappa shape index (κ3) is 4.68. The van der Waals surface area contributed by atoms with Gasteiger partial charge in [0.05, 0.1) is 19.1 Å². The second-order valence-electron chi connectivity index (χ2n) is 7.79. The zero-order valence-corrected chi connectivity index (χ0v) is 16.4. The molecule has 2 heterocycles. The predicted molar refractivity (Wildman–Crippen MR) is 102 cm³/mol. The molecule has 2 aliphatic rings. The number of piperidine rings is 2. The molecule has 2 saturated heterocycles. The van der Waals surface area contributed by atoms with Gasteiger partial charge in [-0.15, -0.1) is 0 Å². The van der Waals surface area contributed by atoms with Crippen LogP contribution < -0.4 is 0 Å². The van der Waals surface area contributed by atoms with Gasteiger partial charge in [-0.2, -0.15) is 0 Å². The molecule has 148 valence electrons. The Morgan fingerprint density at radius 1 is 1.19 bits per heavy atom. The Balaban J connectivity index is 1.59. The van der Waals surface area contributed by atoms with Gasteiger partial charge in [0.15, 0.2) is 0 Å². The Kier molecular flexibility index (Phi) is 6.50. The number of rotatable bonds is 6. The molecule has 0 N–H and O–H groups in total. The number of hydrogen-bond acceptors (Lipinski definition) is 4. The van der Waals surface area contributed by atoms with Gasteiger partial charge in [0.25, 0.3) is 0 Å². The third-order valence-corrected chi connectivity index (χ3v) is 5.92. The maximum absolute atomic E-state index is 12.7. The first-order valence-corrected chi connectivity index (χ1v) is 9.69. The number of ether oxygens (including phenoxy) is 2. The van der Waals surface area contributed by atoms with E-state index in [9.17, 15) is 9.59 Å². The van der Waals surface area contributed by atoms with Gasteiger partial charge < -0.3 is 19.3 Å². The first-order chi connectivity index (χ1) is 13.0. The van der Waals surface area contributed by atoms with Gasteiger partial charge in [-0.25, -0.2) is 0 Å². The molecular weight excluding hydrogens is 344 g/mol. The smallest absolute Gasteiger partial charge is 0.248 e. The minimum atomic E-state index is -0.0791. The van der Waals surface area contributed by atoms with Crippen LogP contribution in [0.3, 0.4) is 0 Å². The lowest BCUT2D eigenvalue weighted by Crippen LogP contribution is -2.53. The Morgan fingerprint density at radius 3 is 2.56 bits per heavy atom. The highest BCUT2D eigenvalue weighted by Crippen LogP contribution is 2.45. The molecule has 0 saturated carbocycles. The zero-order chi connectivity index (χ0) is 19.3. The van der Waals surface area contributed by atoms with E-state index >= 15 is 0 Å². The summed E-state index contributed by atoms with van der Waals surface area (Å²) in [4.78, 5) is 28.8. The standard InChI is InChI=1S/C21H30N2O4/c1-22-16-21(14-18(20(22)25)17-6-4-3-5-7-17)8-10-23(11-9-21)19(24)15-27-13-12-26-2/h3-7,18H,8-16H2,1-2H3. The van der Waals surface area contributed by atoms with E-state index in [0.717, 1.165) is 44.5 Å². The monoisotopic (exact) mass is 374 g/mol. The summed E-state index contributed by atoms with van der Waals surface area (Å²) in [6.07, 6.45) is 2.72. The molecule has 27 heavy (non-hydrogen) atoms. The van der Waals surface area contributed by atoms with E-state index < -0.39 is 0 Å². The number of methoxy groups -OCH3 is 1. The van der Waals surface area contributed by atoms with Crippen molar-refractivity contribution in [2.75, 3.05) is 53.6 Å². The van der Waals surface area contributed by atoms with Crippen molar-refractivity contribution in [1.29, 1.82) is 0 Å². The zero-order valence-electron chi connectivity index (χ0n) is 16.4. The quantitative estimate of drug-likeness (QED) is 0.714. The molecule has 1 unspecified atom stereocenters. The van der Waals surface area contributed by atoms with E-state index in [1.54, 1.807) is 7.11 Å². The molecule has 2 fully saturated rings. The molecule has 0 radical (unpaired) electrons. The molecule has 6 heteroatoms. The third-order valence-electron chi connectivity index (χ3n) is 5.92. The predicted octanol–water partition coefficient (Wildman–Crippen LogP) is 1.90. The fraction of sp³-hybridized carbons (Fsp3) is 0.619. The topological polar surface area (TPSA) is 59.1 Å². The highest BCUT2D eigenvalue weighted by molar-refractivity contribution is 5.84. The van der Waals surface area contributed by atoms with Crippen LogP contribution in [0.15, 0.2) is 30.3 Å². The summed E-state index contributed by atoms with van der Waals surface area (Å²) in [6.45, 7) is 3.29. The molecule has 6 nitrogen and oxygen atoms in total. The van der Waals surface area contributed by atoms with Crippen LogP contribution in [0, 0.1) is 5.41 Å². The molecule has 2 aliphatic heterocycles. The van der Waals surface area contributed by atoms with E-state index in [4.69, 9.17) is 9.47 Å². The lowest BCUT2D eigenvalue weighted by Gasteiger charge is -2.49. The number of likely N-dealkylation sites (N-methyl/N-ethyl adjacent to an activating group) is 1. The molecular formula is C21H30N2O4. The second-order valence-corrected chi connectivity index (χ2v) is 7.79. The highest BCUT2D eigenvalue weighted by atomic mass is 16.5. The van der Waals surface area contributed by atoms with Crippen molar-refractivity contribution < 1.29 is 19.1 Å². The molecule has 0 aliphatic carbocycles. The number of likely N-dealkylation sites (tertiary alicyclic amines) is 2. The minimum absolute atomic E-state index is 0.0424. The van der Waals surface area contributed by atoms with Gasteiger partial charge in [0.2, 0.25) is 11.8 Å². The first-order valence-electron chi connectivity index (χ1n) is 9.69. The average Bonchev–Trinajstić information content (AvgIpc) is 2.69. The summed E-state index contributed by atoms with van der Waals surface area (Å²) < 4.78 is 10.3. The van der Waals surface area contributed by atoms with Crippen LogP contribution in [0.5, 0.6) is 0 Å². The van der Waals surface area contributed by atoms with Crippen LogP contribution in [0.1, 0.15) is 30.7 Å². The largest absolute Gasteiger partial charge is 0.382 e. The minimum Gasteiger partial charge on any atom is -0.382 e. The summed E-state index contributed by atoms with van der Waals surface area (Å²) >= 11 is 0. The number of amides is 2. The van der Waals surface area contributed by atoms with Gasteiger partial charge in [0, 0.05) is 33.8 Å². The molecule has 3 rings (SSSR count). The van der Waals surface area contributed by atoms with Gasteiger partial charge in [0.1, 0.15) is 6.61 Å². The van der Waals surface area contributed by atoms with Crippen molar-refractivity contribution in [3.8, 4) is 0 Å². The Morgan fingerprint density at radius 2 is 1.89 bits per heavy atom. The lowest BCUT2D eigenvalue weighted by molar-refractivity contribution is -0.145. The number of carbonyl (C=O) groups excluding carboxylic acids is 2. The van der Waals surface area contributed by atoms with Crippen molar-refractivity contribution in [3.63, 3.8) is 0 Å². The van der Waals surface area contributed by atoms with Crippen LogP contribution in [-0.2, 0) is 19.1 Å². The van der Waals surface area contributed by atoms with Crippen LogP contribution >= 0.6 is 0 Å². The number of hydrogen-bond donors (Lipinski definition) is 0. The fourth-order valence-corrected chi connectivity index (χ4v) is 4.36. The van der Waals surface area contributed by atoms with E-state index in [1.165, 1.54) is 0 Å². The van der Waals surface area contributed by atoms with Crippen LogP contribution in [-0.4, -0.2) is 75.2 Å². The molecule has 1 spiro atoms.